The molecule has 10 N–H and O–H groups in total. The summed E-state index contributed by atoms with van der Waals surface area (Å²) < 4.78 is 10.7. The van der Waals surface area contributed by atoms with Crippen LogP contribution in [-0.2, 0) is 27.1 Å². The molecule has 2 aliphatic carbocycles. The first kappa shape index (κ1) is 93.4. The highest BCUT2D eigenvalue weighted by atomic mass is 32.1. The fourth-order valence-corrected chi connectivity index (χ4v) is 20.0. The number of benzene rings is 4. The largest absolute Gasteiger partial charge is 0.396 e. The molecule has 2 atom stereocenters. The molecule has 0 saturated heterocycles. The van der Waals surface area contributed by atoms with Crippen LogP contribution in [0.4, 0.5) is 29.1 Å². The summed E-state index contributed by atoms with van der Waals surface area (Å²) in [4.78, 5) is 87.7. The zero-order chi connectivity index (χ0) is 92.5. The predicted molar refractivity (Wildman–Crippen MR) is 541 cm³/mol. The molecular formula is C103H103N21O6S4. The summed E-state index contributed by atoms with van der Waals surface area (Å²) in [5, 5.41) is 53.0. The number of primary amides is 1. The van der Waals surface area contributed by atoms with Crippen molar-refractivity contribution in [2.75, 3.05) is 92.9 Å². The summed E-state index contributed by atoms with van der Waals surface area (Å²) in [7, 11) is 1.71. The molecule has 0 radical (unpaired) electrons. The molecule has 0 aliphatic heterocycles. The van der Waals surface area contributed by atoms with Crippen molar-refractivity contribution < 1.29 is 29.6 Å². The first-order valence-corrected chi connectivity index (χ1v) is 48.0. The Morgan fingerprint density at radius 1 is 0.440 bits per heavy atom. The van der Waals surface area contributed by atoms with E-state index in [1.165, 1.54) is 26.4 Å². The number of ether oxygens (including phenoxy) is 2. The number of amides is 1. The van der Waals surface area contributed by atoms with Gasteiger partial charge in [0, 0.05) is 131 Å². The van der Waals surface area contributed by atoms with E-state index in [0.717, 1.165) is 182 Å². The van der Waals surface area contributed by atoms with Gasteiger partial charge in [0.1, 0.15) is 76.9 Å². The van der Waals surface area contributed by atoms with Gasteiger partial charge in [-0.25, -0.2) is 49.8 Å². The normalized spacial score (nSPS) is 12.8. The van der Waals surface area contributed by atoms with Gasteiger partial charge in [-0.05, 0) is 149 Å². The molecule has 2 aliphatic rings. The number of fused-ring (bicyclic) bond motifs is 5. The zero-order valence-corrected chi connectivity index (χ0v) is 78.2. The van der Waals surface area contributed by atoms with Gasteiger partial charge < -0.3 is 57.1 Å². The summed E-state index contributed by atoms with van der Waals surface area (Å²) >= 11 is 6.53. The van der Waals surface area contributed by atoms with Crippen LogP contribution in [0.15, 0.2) is 254 Å². The molecular weight excluding hydrogens is 1760 g/mol. The van der Waals surface area contributed by atoms with Crippen molar-refractivity contribution >= 4 is 121 Å². The fourth-order valence-electron chi connectivity index (χ4n) is 16.1. The number of thiophene rings is 4. The number of hydrogen-bond donors (Lipinski definition) is 9. The predicted octanol–water partition coefficient (Wildman–Crippen LogP) is 20.2. The van der Waals surface area contributed by atoms with Crippen LogP contribution < -0.4 is 32.3 Å². The molecule has 1 amide bonds. The van der Waals surface area contributed by atoms with Crippen molar-refractivity contribution in [3.8, 4) is 102 Å². The van der Waals surface area contributed by atoms with Crippen molar-refractivity contribution in [1.29, 1.82) is 0 Å². The number of rotatable bonds is 30. The van der Waals surface area contributed by atoms with Crippen molar-refractivity contribution in [2.24, 2.45) is 11.1 Å². The fraction of sp³-hybridized carbons (Fsp3) is 0.243. The van der Waals surface area contributed by atoms with E-state index in [2.05, 4.69) is 144 Å². The number of aliphatic hydroxyl groups excluding tert-OH is 3. The molecule has 134 heavy (non-hydrogen) atoms. The van der Waals surface area contributed by atoms with Gasteiger partial charge in [0.2, 0.25) is 5.91 Å². The number of nitrogens with two attached hydrogens (primary N) is 1. The highest BCUT2D eigenvalue weighted by Gasteiger charge is 2.40. The van der Waals surface area contributed by atoms with Crippen molar-refractivity contribution in [1.82, 2.24) is 74.8 Å². The number of anilines is 5. The standard InChI is InChI=1S/C22H22N4OS.C21H20N4O2S.C21H20N4OS.C20H18N4OS.C19H23N5O/c1-14(13-27-3)24-21-19-18(16-9-5-4-6-10-16)15(2)28-22(19)26-20(25-21)17-11-7-8-12-23-17;26-11-13-27-12-10-23-20-18-16(15-6-2-1-3-7-15)14-28-21(18)25-19(24-20)17-8-4-5-9-22-17;1-14-17(15-8-3-2-4-9-15)18-20(23-12-7-13-26)24-19(25-21(18)27-14)16-10-5-6-11-22-16;1-13(25)11-22-19-17-15(14-7-3-2-4-8-14)12-26-20(17)24-18(23-19)16-9-5-6-10-21-16;20-18(25)19(9-2-3-10-19)12-22-16-13-6-5-8-14(13)23-17(24-16)15-7-1-4-11-21-15/h4-12,14H,13H2,1-3H3,(H,24,25,26);1-9,14,26H,10-13H2,(H,23,24,25);2-6,8-11,26H,7,12-13H2,1H3,(H,23,24,25);2-10,12-13,25H,11H2,1H3,(H,22,23,24);1,4,7,11H,2-3,5-6,8-10,12H2,(H2,20,25)(H,22,23,24). The summed E-state index contributed by atoms with van der Waals surface area (Å²) in [5.41, 5.74) is 20.4. The molecule has 14 heterocycles. The maximum absolute atomic E-state index is 12.0. The van der Waals surface area contributed by atoms with Crippen LogP contribution in [0, 0.1) is 19.3 Å². The van der Waals surface area contributed by atoms with Crippen LogP contribution in [0.2, 0.25) is 0 Å². The van der Waals surface area contributed by atoms with E-state index in [-0.39, 0.29) is 25.2 Å². The van der Waals surface area contributed by atoms with Gasteiger partial charge in [0.25, 0.3) is 0 Å². The Balaban J connectivity index is 0.000000122. The molecule has 0 spiro atoms. The topological polar surface area (TPSA) is 376 Å². The number of aliphatic hydroxyl groups is 3. The third-order valence-electron chi connectivity index (χ3n) is 22.5. The highest BCUT2D eigenvalue weighted by molar-refractivity contribution is 7.20. The van der Waals surface area contributed by atoms with E-state index in [0.29, 0.717) is 81.5 Å². The Bertz CT molecular complexity index is 6880. The molecule has 0 bridgehead atoms. The Morgan fingerprint density at radius 2 is 0.843 bits per heavy atom. The summed E-state index contributed by atoms with van der Waals surface area (Å²) in [6, 6.07) is 69.9. The number of aromatic nitrogens is 15. The van der Waals surface area contributed by atoms with E-state index >= 15 is 0 Å². The van der Waals surface area contributed by atoms with Crippen LogP contribution >= 0.6 is 45.3 Å². The number of nitrogens with zero attached hydrogens (tertiary/aromatic N) is 15. The zero-order valence-electron chi connectivity index (χ0n) is 74.9. The molecule has 680 valence electrons. The van der Waals surface area contributed by atoms with E-state index in [1.807, 2.05) is 152 Å². The third kappa shape index (κ3) is 22.7. The monoisotopic (exact) mass is 1860 g/mol. The second kappa shape index (κ2) is 45.5. The average Bonchev–Trinajstić information content (AvgIpc) is 1.61. The number of methoxy groups -OCH3 is 1. The number of hydrogen-bond acceptors (Lipinski definition) is 30. The quantitative estimate of drug-likeness (QED) is 0.0189. The first-order chi connectivity index (χ1) is 65.7. The van der Waals surface area contributed by atoms with Gasteiger partial charge in [-0.2, -0.15) is 0 Å². The maximum atomic E-state index is 12.0. The summed E-state index contributed by atoms with van der Waals surface area (Å²) in [6.45, 7) is 11.8. The second-order valence-corrected chi connectivity index (χ2v) is 36.2. The van der Waals surface area contributed by atoms with E-state index < -0.39 is 11.5 Å². The molecule has 31 heteroatoms. The Kier molecular flexibility index (Phi) is 31.7. The smallest absolute Gasteiger partial charge is 0.225 e. The number of nitrogens with one attached hydrogen (secondary N) is 5. The van der Waals surface area contributed by atoms with Gasteiger partial charge in [-0.15, -0.1) is 45.3 Å². The molecule has 14 aromatic heterocycles. The number of pyridine rings is 5. The lowest BCUT2D eigenvalue weighted by atomic mass is 9.85. The van der Waals surface area contributed by atoms with Crippen LogP contribution in [0.25, 0.3) is 143 Å². The van der Waals surface area contributed by atoms with Gasteiger partial charge in [-0.3, -0.25) is 29.7 Å². The molecule has 18 aromatic rings. The van der Waals surface area contributed by atoms with E-state index in [9.17, 15) is 9.90 Å². The molecule has 27 nitrogen and oxygen atoms in total. The number of aryl methyl sites for hydroxylation is 3. The minimum atomic E-state index is -0.475. The van der Waals surface area contributed by atoms with Gasteiger partial charge in [-0.1, -0.05) is 165 Å². The van der Waals surface area contributed by atoms with E-state index in [4.69, 9.17) is 75.3 Å². The first-order valence-electron chi connectivity index (χ1n) is 44.6. The molecule has 4 aromatic carbocycles. The Morgan fingerprint density at radius 3 is 1.27 bits per heavy atom. The lowest BCUT2D eigenvalue weighted by Crippen LogP contribution is -2.40. The second-order valence-electron chi connectivity index (χ2n) is 32.1. The van der Waals surface area contributed by atoms with Crippen LogP contribution in [0.5, 0.6) is 0 Å². The minimum absolute atomic E-state index is 0.0181. The summed E-state index contributed by atoms with van der Waals surface area (Å²) in [6.07, 6.45) is 15.8. The molecule has 1 saturated carbocycles. The maximum Gasteiger partial charge on any atom is 0.225 e. The van der Waals surface area contributed by atoms with Crippen molar-refractivity contribution in [3.63, 3.8) is 0 Å². The minimum Gasteiger partial charge on any atom is -0.396 e. The molecule has 2 unspecified atom stereocenters. The number of carbonyl (C=O) groups is 1. The highest BCUT2D eigenvalue weighted by Crippen LogP contribution is 2.46. The van der Waals surface area contributed by atoms with Gasteiger partial charge in [0.05, 0.1) is 59.5 Å². The molecule has 20 rings (SSSR count). The van der Waals surface area contributed by atoms with Crippen molar-refractivity contribution in [3.05, 3.63) is 275 Å². The Labute approximate surface area is 792 Å². The number of carbonyl (C=O) groups excluding carboxylic acids is 1. The Hall–Kier alpha value is -13.9. The van der Waals surface area contributed by atoms with E-state index in [1.54, 1.807) is 90.4 Å². The van der Waals surface area contributed by atoms with Gasteiger partial charge >= 0.3 is 0 Å². The van der Waals surface area contributed by atoms with Crippen LogP contribution in [0.3, 0.4) is 0 Å². The van der Waals surface area contributed by atoms with Crippen molar-refractivity contribution in [2.45, 2.75) is 91.2 Å². The third-order valence-corrected chi connectivity index (χ3v) is 26.2. The van der Waals surface area contributed by atoms with Crippen LogP contribution in [-0.4, -0.2) is 174 Å². The SMILES string of the molecule is CC(O)CNc1nc(-c2ccccn2)nc2scc(-c3ccccc3)c12.COCC(C)Nc1nc(-c2ccccn2)nc2sc(C)c(-c3ccccc3)c12.Cc1sc2nc(-c3ccccn3)nc(NCCCO)c2c1-c1ccccc1.NC(=O)C1(CNc2nc(-c3ccccn3)nc3c2CCC3)CCCC1.OCCOCCNc1nc(-c2ccccn2)nc2scc(-c3ccccc3)c12. The summed E-state index contributed by atoms with van der Waals surface area (Å²) in [5.74, 6) is 6.77. The van der Waals surface area contributed by atoms with Gasteiger partial charge in [0.15, 0.2) is 29.1 Å². The van der Waals surface area contributed by atoms with Crippen LogP contribution in [0.1, 0.15) is 73.4 Å². The average molecular weight is 1860 g/mol. The lowest BCUT2D eigenvalue weighted by molar-refractivity contribution is -0.126. The molecule has 1 fully saturated rings. The lowest BCUT2D eigenvalue weighted by Gasteiger charge is -2.26.